The second-order valence-electron chi connectivity index (χ2n) is 5.36. The molecule has 5 heteroatoms. The van der Waals surface area contributed by atoms with E-state index in [9.17, 15) is 4.39 Å². The third-order valence-corrected chi connectivity index (χ3v) is 3.62. The number of ether oxygens (including phenoxy) is 2. The lowest BCUT2D eigenvalue weighted by Gasteiger charge is -2.15. The van der Waals surface area contributed by atoms with E-state index < -0.39 is 0 Å². The van der Waals surface area contributed by atoms with Crippen LogP contribution >= 0.6 is 0 Å². The molecule has 1 aromatic carbocycles. The molecule has 0 unspecified atom stereocenters. The summed E-state index contributed by atoms with van der Waals surface area (Å²) in [5.74, 6) is 0.356. The summed E-state index contributed by atoms with van der Waals surface area (Å²) >= 11 is 0. The van der Waals surface area contributed by atoms with Crippen molar-refractivity contribution in [3.8, 4) is 5.75 Å². The molecule has 2 rings (SSSR count). The molecule has 0 bridgehead atoms. The van der Waals surface area contributed by atoms with Crippen LogP contribution < -0.4 is 10.1 Å². The molecule has 21 heavy (non-hydrogen) atoms. The molecule has 1 fully saturated rings. The van der Waals surface area contributed by atoms with Crippen LogP contribution in [0, 0.1) is 5.82 Å². The highest BCUT2D eigenvalue weighted by molar-refractivity contribution is 5.29. The molecule has 118 valence electrons. The van der Waals surface area contributed by atoms with Gasteiger partial charge in [0.25, 0.3) is 0 Å². The highest BCUT2D eigenvalue weighted by atomic mass is 19.1. The first-order valence-corrected chi connectivity index (χ1v) is 7.62. The van der Waals surface area contributed by atoms with Gasteiger partial charge in [-0.1, -0.05) is 0 Å². The van der Waals surface area contributed by atoms with Crippen molar-refractivity contribution >= 4 is 0 Å². The lowest BCUT2D eigenvalue weighted by atomic mass is 10.2. The number of hydrogen-bond donors (Lipinski definition) is 1. The van der Waals surface area contributed by atoms with Gasteiger partial charge in [0, 0.05) is 32.8 Å². The Morgan fingerprint density at radius 1 is 1.19 bits per heavy atom. The normalized spacial score (nSPS) is 15.5. The number of methoxy groups -OCH3 is 1. The van der Waals surface area contributed by atoms with Crippen LogP contribution in [0.15, 0.2) is 18.2 Å². The molecule has 1 N–H and O–H groups in total. The minimum Gasteiger partial charge on any atom is -0.492 e. The monoisotopic (exact) mass is 296 g/mol. The molecule has 1 aliphatic rings. The van der Waals surface area contributed by atoms with E-state index in [0.717, 1.165) is 31.7 Å². The molecule has 4 nitrogen and oxygen atoms in total. The highest BCUT2D eigenvalue weighted by Crippen LogP contribution is 2.17. The minimum atomic E-state index is -0.253. The van der Waals surface area contributed by atoms with Crippen molar-refractivity contribution in [2.75, 3.05) is 46.5 Å². The van der Waals surface area contributed by atoms with Gasteiger partial charge < -0.3 is 14.8 Å². The molecular formula is C16H25FN2O2. The number of rotatable bonds is 9. The summed E-state index contributed by atoms with van der Waals surface area (Å²) in [6.45, 7) is 5.84. The Kier molecular flexibility index (Phi) is 6.92. The molecule has 0 saturated carbocycles. The third-order valence-electron chi connectivity index (χ3n) is 3.62. The van der Waals surface area contributed by atoms with Gasteiger partial charge in [-0.25, -0.2) is 4.39 Å². The van der Waals surface area contributed by atoms with Gasteiger partial charge in [-0.2, -0.15) is 0 Å². The van der Waals surface area contributed by atoms with Crippen molar-refractivity contribution in [2.24, 2.45) is 0 Å². The Labute approximate surface area is 126 Å². The maximum Gasteiger partial charge on any atom is 0.127 e. The summed E-state index contributed by atoms with van der Waals surface area (Å²) in [5.41, 5.74) is 0.891. The van der Waals surface area contributed by atoms with Crippen LogP contribution in [-0.4, -0.2) is 51.4 Å². The largest absolute Gasteiger partial charge is 0.492 e. The Morgan fingerprint density at radius 2 is 2.00 bits per heavy atom. The van der Waals surface area contributed by atoms with E-state index in [1.165, 1.54) is 25.0 Å². The van der Waals surface area contributed by atoms with Crippen molar-refractivity contribution in [2.45, 2.75) is 19.4 Å². The number of halogens is 1. The van der Waals surface area contributed by atoms with Gasteiger partial charge in [-0.3, -0.25) is 4.90 Å². The highest BCUT2D eigenvalue weighted by Gasteiger charge is 2.11. The molecule has 0 aliphatic carbocycles. The Morgan fingerprint density at radius 3 is 2.76 bits per heavy atom. The Balaban J connectivity index is 1.77. The first-order chi connectivity index (χ1) is 10.3. The Hall–Kier alpha value is -1.17. The fraction of sp³-hybridized carbons (Fsp3) is 0.625. The average Bonchev–Trinajstić information content (AvgIpc) is 2.96. The standard InChI is InChI=1S/C16H25FN2O2/c1-20-8-4-18-13-14-10-15(17)12-16(11-14)21-9-7-19-5-2-3-6-19/h10-12,18H,2-9,13H2,1H3. The zero-order valence-electron chi connectivity index (χ0n) is 12.7. The number of nitrogens with zero attached hydrogens (tertiary/aromatic N) is 1. The summed E-state index contributed by atoms with van der Waals surface area (Å²) in [7, 11) is 1.66. The van der Waals surface area contributed by atoms with Crippen molar-refractivity contribution in [3.05, 3.63) is 29.6 Å². The Bertz CT molecular complexity index is 423. The fourth-order valence-corrected chi connectivity index (χ4v) is 2.51. The van der Waals surface area contributed by atoms with E-state index in [2.05, 4.69) is 10.2 Å². The lowest BCUT2D eigenvalue weighted by molar-refractivity contribution is 0.199. The maximum absolute atomic E-state index is 13.6. The molecule has 1 aromatic rings. The van der Waals surface area contributed by atoms with Gasteiger partial charge in [0.15, 0.2) is 0 Å². The van der Waals surface area contributed by atoms with Gasteiger partial charge in [-0.05, 0) is 43.6 Å². The van der Waals surface area contributed by atoms with E-state index >= 15 is 0 Å². The molecule has 1 aliphatic heterocycles. The predicted octanol–water partition coefficient (Wildman–Crippen LogP) is 2.04. The smallest absolute Gasteiger partial charge is 0.127 e. The van der Waals surface area contributed by atoms with Crippen LogP contribution in [0.4, 0.5) is 4.39 Å². The van der Waals surface area contributed by atoms with Crippen LogP contribution in [0.3, 0.4) is 0 Å². The molecule has 1 saturated heterocycles. The second-order valence-corrected chi connectivity index (χ2v) is 5.36. The minimum absolute atomic E-state index is 0.253. The quantitative estimate of drug-likeness (QED) is 0.707. The fourth-order valence-electron chi connectivity index (χ4n) is 2.51. The predicted molar refractivity (Wildman–Crippen MR) is 81.2 cm³/mol. The van der Waals surface area contributed by atoms with Crippen molar-refractivity contribution in [3.63, 3.8) is 0 Å². The van der Waals surface area contributed by atoms with E-state index in [1.54, 1.807) is 7.11 Å². The van der Waals surface area contributed by atoms with Gasteiger partial charge in [0.2, 0.25) is 0 Å². The number of hydrogen-bond acceptors (Lipinski definition) is 4. The summed E-state index contributed by atoms with van der Waals surface area (Å²) in [6, 6.07) is 4.88. The first kappa shape index (κ1) is 16.2. The van der Waals surface area contributed by atoms with Gasteiger partial charge in [-0.15, -0.1) is 0 Å². The van der Waals surface area contributed by atoms with Gasteiger partial charge >= 0.3 is 0 Å². The average molecular weight is 296 g/mol. The van der Waals surface area contributed by atoms with Crippen LogP contribution in [0.2, 0.25) is 0 Å². The van der Waals surface area contributed by atoms with Crippen LogP contribution in [0.25, 0.3) is 0 Å². The van der Waals surface area contributed by atoms with E-state index in [4.69, 9.17) is 9.47 Å². The van der Waals surface area contributed by atoms with Gasteiger partial charge in [0.1, 0.15) is 18.2 Å². The van der Waals surface area contributed by atoms with Crippen molar-refractivity contribution in [1.29, 1.82) is 0 Å². The third kappa shape index (κ3) is 5.99. The molecule has 0 radical (unpaired) electrons. The summed E-state index contributed by atoms with van der Waals surface area (Å²) < 4.78 is 24.2. The topological polar surface area (TPSA) is 33.7 Å². The second kappa shape index (κ2) is 8.97. The summed E-state index contributed by atoms with van der Waals surface area (Å²) in [5, 5.41) is 3.20. The molecular weight excluding hydrogens is 271 g/mol. The maximum atomic E-state index is 13.6. The number of nitrogens with one attached hydrogen (secondary N) is 1. The van der Waals surface area contributed by atoms with E-state index in [0.29, 0.717) is 25.5 Å². The molecule has 0 amide bonds. The SMILES string of the molecule is COCCNCc1cc(F)cc(OCCN2CCCC2)c1. The van der Waals surface area contributed by atoms with E-state index in [1.807, 2.05) is 6.07 Å². The molecule has 0 aromatic heterocycles. The number of benzene rings is 1. The zero-order chi connectivity index (χ0) is 14.9. The van der Waals surface area contributed by atoms with Crippen molar-refractivity contribution in [1.82, 2.24) is 10.2 Å². The number of likely N-dealkylation sites (tertiary alicyclic amines) is 1. The van der Waals surface area contributed by atoms with Crippen LogP contribution in [0.5, 0.6) is 5.75 Å². The molecule has 0 atom stereocenters. The molecule has 0 spiro atoms. The van der Waals surface area contributed by atoms with Crippen LogP contribution in [-0.2, 0) is 11.3 Å². The first-order valence-electron chi connectivity index (χ1n) is 7.62. The zero-order valence-corrected chi connectivity index (χ0v) is 12.7. The van der Waals surface area contributed by atoms with E-state index in [-0.39, 0.29) is 5.82 Å². The molecule has 1 heterocycles. The lowest BCUT2D eigenvalue weighted by Crippen LogP contribution is -2.25. The summed E-state index contributed by atoms with van der Waals surface area (Å²) in [6.07, 6.45) is 2.55. The van der Waals surface area contributed by atoms with Gasteiger partial charge in [0.05, 0.1) is 6.61 Å². The summed E-state index contributed by atoms with van der Waals surface area (Å²) in [4.78, 5) is 2.38. The van der Waals surface area contributed by atoms with Crippen LogP contribution in [0.1, 0.15) is 18.4 Å². The van der Waals surface area contributed by atoms with Crippen molar-refractivity contribution < 1.29 is 13.9 Å².